The van der Waals surface area contributed by atoms with Gasteiger partial charge in [0.05, 0.1) is 5.39 Å². The molecule has 0 bridgehead atoms. The van der Waals surface area contributed by atoms with E-state index in [4.69, 9.17) is 10.8 Å². The van der Waals surface area contributed by atoms with Gasteiger partial charge in [-0.2, -0.15) is 0 Å². The standard InChI is InChI=1S/C17H20N4O2/c18-16-15-14(13-4-2-1-3-5-13)9-21(17(15)20-11-19-16)8-12(10-23)6-7-22/h1-5,9,11-12,22-23H,6-8,10H2,(H2,18,19,20). The number of hydrogen-bond donors (Lipinski definition) is 3. The third-order valence-electron chi connectivity index (χ3n) is 4.02. The maximum atomic E-state index is 9.49. The molecule has 2 heterocycles. The van der Waals surface area contributed by atoms with E-state index >= 15 is 0 Å². The minimum atomic E-state index is -0.0320. The Bertz CT molecular complexity index is 786. The second kappa shape index (κ2) is 6.76. The van der Waals surface area contributed by atoms with Gasteiger partial charge in [0.2, 0.25) is 0 Å². The summed E-state index contributed by atoms with van der Waals surface area (Å²) in [6.45, 7) is 0.630. The molecule has 0 radical (unpaired) electrons. The molecule has 120 valence electrons. The van der Waals surface area contributed by atoms with Crippen molar-refractivity contribution in [3.05, 3.63) is 42.9 Å². The van der Waals surface area contributed by atoms with E-state index in [0.29, 0.717) is 18.8 Å². The lowest BCUT2D eigenvalue weighted by atomic mass is 10.1. The summed E-state index contributed by atoms with van der Waals surface area (Å²) >= 11 is 0. The van der Waals surface area contributed by atoms with Crippen molar-refractivity contribution >= 4 is 16.9 Å². The first-order valence-corrected chi connectivity index (χ1v) is 7.61. The van der Waals surface area contributed by atoms with Crippen molar-refractivity contribution in [2.45, 2.75) is 13.0 Å². The Balaban J connectivity index is 2.11. The number of nitrogen functional groups attached to an aromatic ring is 1. The third kappa shape index (κ3) is 3.04. The number of aromatic nitrogens is 3. The summed E-state index contributed by atoms with van der Waals surface area (Å²) in [7, 11) is 0. The number of rotatable bonds is 6. The molecule has 0 saturated heterocycles. The van der Waals surface area contributed by atoms with Crippen molar-refractivity contribution in [1.82, 2.24) is 14.5 Å². The second-order valence-electron chi connectivity index (χ2n) is 5.58. The molecule has 23 heavy (non-hydrogen) atoms. The molecule has 0 saturated carbocycles. The molecule has 0 spiro atoms. The van der Waals surface area contributed by atoms with Gasteiger partial charge in [0.1, 0.15) is 17.8 Å². The molecule has 6 heteroatoms. The third-order valence-corrected chi connectivity index (χ3v) is 4.02. The Kier molecular flexibility index (Phi) is 4.55. The first kappa shape index (κ1) is 15.5. The molecule has 1 atom stereocenters. The Morgan fingerprint density at radius 3 is 2.61 bits per heavy atom. The van der Waals surface area contributed by atoms with Gasteiger partial charge in [0, 0.05) is 37.4 Å². The second-order valence-corrected chi connectivity index (χ2v) is 5.58. The van der Waals surface area contributed by atoms with Crippen LogP contribution in [0.3, 0.4) is 0 Å². The van der Waals surface area contributed by atoms with Crippen LogP contribution in [0.15, 0.2) is 42.9 Å². The molecule has 1 unspecified atom stereocenters. The predicted octanol–water partition coefficient (Wildman–Crippen LogP) is 1.67. The highest BCUT2D eigenvalue weighted by atomic mass is 16.3. The molecule has 6 nitrogen and oxygen atoms in total. The van der Waals surface area contributed by atoms with Crippen LogP contribution in [0.2, 0.25) is 0 Å². The summed E-state index contributed by atoms with van der Waals surface area (Å²) in [6.07, 6.45) is 3.98. The lowest BCUT2D eigenvalue weighted by molar-refractivity contribution is 0.171. The van der Waals surface area contributed by atoms with E-state index in [-0.39, 0.29) is 19.1 Å². The van der Waals surface area contributed by atoms with Crippen LogP contribution in [-0.4, -0.2) is 38.0 Å². The largest absolute Gasteiger partial charge is 0.396 e. The van der Waals surface area contributed by atoms with Crippen molar-refractivity contribution in [3.63, 3.8) is 0 Å². The quantitative estimate of drug-likeness (QED) is 0.643. The Morgan fingerprint density at radius 2 is 1.91 bits per heavy atom. The SMILES string of the molecule is Nc1ncnc2c1c(-c1ccccc1)cn2CC(CO)CCO. The van der Waals surface area contributed by atoms with Gasteiger partial charge in [-0.15, -0.1) is 0 Å². The van der Waals surface area contributed by atoms with Crippen LogP contribution in [-0.2, 0) is 6.54 Å². The van der Waals surface area contributed by atoms with Crippen LogP contribution in [0.1, 0.15) is 6.42 Å². The van der Waals surface area contributed by atoms with Crippen LogP contribution in [0.4, 0.5) is 5.82 Å². The summed E-state index contributed by atoms with van der Waals surface area (Å²) in [5.41, 5.74) is 8.83. The Morgan fingerprint density at radius 1 is 1.13 bits per heavy atom. The van der Waals surface area contributed by atoms with Crippen LogP contribution in [0, 0.1) is 5.92 Å². The molecule has 2 aromatic heterocycles. The van der Waals surface area contributed by atoms with Crippen molar-refractivity contribution in [1.29, 1.82) is 0 Å². The molecule has 0 fully saturated rings. The van der Waals surface area contributed by atoms with E-state index in [9.17, 15) is 5.11 Å². The first-order valence-electron chi connectivity index (χ1n) is 7.61. The predicted molar refractivity (Wildman–Crippen MR) is 89.7 cm³/mol. The highest BCUT2D eigenvalue weighted by molar-refractivity contribution is 6.00. The molecule has 0 amide bonds. The highest BCUT2D eigenvalue weighted by Gasteiger charge is 2.17. The van der Waals surface area contributed by atoms with Gasteiger partial charge in [-0.05, 0) is 12.0 Å². The zero-order valence-corrected chi connectivity index (χ0v) is 12.8. The Labute approximate surface area is 134 Å². The van der Waals surface area contributed by atoms with Crippen molar-refractivity contribution in [3.8, 4) is 11.1 Å². The summed E-state index contributed by atoms with van der Waals surface area (Å²) in [6, 6.07) is 9.94. The van der Waals surface area contributed by atoms with Gasteiger partial charge in [0.25, 0.3) is 0 Å². The van der Waals surface area contributed by atoms with E-state index in [1.54, 1.807) is 0 Å². The fourth-order valence-corrected chi connectivity index (χ4v) is 2.82. The molecule has 4 N–H and O–H groups in total. The minimum Gasteiger partial charge on any atom is -0.396 e. The number of nitrogens with two attached hydrogens (primary N) is 1. The normalized spacial score (nSPS) is 12.6. The van der Waals surface area contributed by atoms with Crippen LogP contribution in [0.5, 0.6) is 0 Å². The molecule has 3 rings (SSSR count). The number of aliphatic hydroxyl groups excluding tert-OH is 2. The van der Waals surface area contributed by atoms with Crippen molar-refractivity contribution in [2.24, 2.45) is 5.92 Å². The average molecular weight is 312 g/mol. The summed E-state index contributed by atoms with van der Waals surface area (Å²) < 4.78 is 1.98. The van der Waals surface area contributed by atoms with Gasteiger partial charge in [-0.25, -0.2) is 9.97 Å². The minimum absolute atomic E-state index is 0.0153. The van der Waals surface area contributed by atoms with Crippen molar-refractivity contribution in [2.75, 3.05) is 18.9 Å². The van der Waals surface area contributed by atoms with Crippen LogP contribution >= 0.6 is 0 Å². The van der Waals surface area contributed by atoms with Gasteiger partial charge < -0.3 is 20.5 Å². The summed E-state index contributed by atoms with van der Waals surface area (Å²) in [5.74, 6) is 0.408. The fourth-order valence-electron chi connectivity index (χ4n) is 2.82. The lowest BCUT2D eigenvalue weighted by Gasteiger charge is -2.14. The molecule has 0 aliphatic rings. The summed E-state index contributed by atoms with van der Waals surface area (Å²) in [5, 5.41) is 19.4. The van der Waals surface area contributed by atoms with E-state index < -0.39 is 0 Å². The fraction of sp³-hybridized carbons (Fsp3) is 0.294. The van der Waals surface area contributed by atoms with Crippen LogP contribution < -0.4 is 5.73 Å². The summed E-state index contributed by atoms with van der Waals surface area (Å²) in [4.78, 5) is 8.47. The van der Waals surface area contributed by atoms with Gasteiger partial charge in [-0.1, -0.05) is 30.3 Å². The number of fused-ring (bicyclic) bond motifs is 1. The number of hydrogen-bond acceptors (Lipinski definition) is 5. The van der Waals surface area contributed by atoms with Gasteiger partial charge >= 0.3 is 0 Å². The molecule has 0 aliphatic heterocycles. The molecular formula is C17H20N4O2. The topological polar surface area (TPSA) is 97.2 Å². The zero-order chi connectivity index (χ0) is 16.2. The monoisotopic (exact) mass is 312 g/mol. The molecular weight excluding hydrogens is 292 g/mol. The highest BCUT2D eigenvalue weighted by Crippen LogP contribution is 2.32. The number of benzene rings is 1. The maximum Gasteiger partial charge on any atom is 0.146 e. The maximum absolute atomic E-state index is 9.49. The molecule has 3 aromatic rings. The van der Waals surface area contributed by atoms with E-state index in [0.717, 1.165) is 22.2 Å². The number of anilines is 1. The number of nitrogens with zero attached hydrogens (tertiary/aromatic N) is 3. The first-order chi connectivity index (χ1) is 11.2. The number of aliphatic hydroxyl groups is 2. The molecule has 1 aromatic carbocycles. The van der Waals surface area contributed by atoms with Crippen molar-refractivity contribution < 1.29 is 10.2 Å². The smallest absolute Gasteiger partial charge is 0.146 e. The van der Waals surface area contributed by atoms with Gasteiger partial charge in [-0.3, -0.25) is 0 Å². The van der Waals surface area contributed by atoms with E-state index in [1.807, 2.05) is 41.1 Å². The molecule has 0 aliphatic carbocycles. The van der Waals surface area contributed by atoms with E-state index in [1.165, 1.54) is 6.33 Å². The van der Waals surface area contributed by atoms with E-state index in [2.05, 4.69) is 9.97 Å². The lowest BCUT2D eigenvalue weighted by Crippen LogP contribution is -2.16. The zero-order valence-electron chi connectivity index (χ0n) is 12.8. The van der Waals surface area contributed by atoms with Gasteiger partial charge in [0.15, 0.2) is 0 Å². The Hall–Kier alpha value is -2.44. The average Bonchev–Trinajstić information content (AvgIpc) is 2.95. The van der Waals surface area contributed by atoms with Crippen LogP contribution in [0.25, 0.3) is 22.2 Å².